The van der Waals surface area contributed by atoms with Crippen LogP contribution in [0, 0.1) is 0 Å². The highest BCUT2D eigenvalue weighted by Gasteiger charge is 2.48. The minimum Gasteiger partial charge on any atom is -0.456 e. The standard InChI is InChI=1S/C50H31N3S.C46H29N3O/c1-3-15-33(16-4-1)47-51-48(35-27-26-32-14-7-8-17-34(32)30-35)53-49(52-47)40-22-13-25-45-46(40)41-31-37(28-29-44(41)54-45)50(36-18-5-2-6-19-36)42-23-11-9-20-38(42)39-21-10-12-24-43(39)50;1-4-15-30(16-5-1)43-47-44(31-17-6-2-7-18-31)49-45(48-43)37-23-14-26-40-42(37)36-28-27-33(29-41(36)50-40)46(32-19-8-3-9-20-32)38-24-12-10-21-34(38)35-22-11-13-25-39(35)46/h1-31H;1-29H. The predicted molar refractivity (Wildman–Crippen MR) is 425 cm³/mol. The smallest absolute Gasteiger partial charge is 0.164 e. The van der Waals surface area contributed by atoms with E-state index in [1.807, 2.05) is 102 Å². The van der Waals surface area contributed by atoms with E-state index in [0.29, 0.717) is 34.9 Å². The van der Waals surface area contributed by atoms with Crippen LogP contribution in [0.4, 0.5) is 0 Å². The van der Waals surface area contributed by atoms with Crippen molar-refractivity contribution in [3.05, 3.63) is 408 Å². The third-order valence-corrected chi connectivity index (χ3v) is 22.2. The summed E-state index contributed by atoms with van der Waals surface area (Å²) in [6.07, 6.45) is 0. The zero-order valence-corrected chi connectivity index (χ0v) is 57.0. The molecule has 19 aromatic rings. The van der Waals surface area contributed by atoms with Crippen LogP contribution < -0.4 is 0 Å². The molecule has 4 heterocycles. The first-order valence-corrected chi connectivity index (χ1v) is 36.0. The van der Waals surface area contributed by atoms with Crippen molar-refractivity contribution in [1.29, 1.82) is 0 Å². The van der Waals surface area contributed by atoms with E-state index in [9.17, 15) is 0 Å². The molecule has 0 N–H and O–H groups in total. The minimum atomic E-state index is -0.506. The Bertz CT molecular complexity index is 6410. The fourth-order valence-corrected chi connectivity index (χ4v) is 17.6. The number of aromatic nitrogens is 6. The van der Waals surface area contributed by atoms with Gasteiger partial charge in [-0.3, -0.25) is 0 Å². The van der Waals surface area contributed by atoms with Gasteiger partial charge in [0.2, 0.25) is 0 Å². The molecule has 104 heavy (non-hydrogen) atoms. The van der Waals surface area contributed by atoms with E-state index in [1.165, 1.54) is 81.4 Å². The second-order valence-electron chi connectivity index (χ2n) is 26.7. The molecular weight excluding hydrogens is 1290 g/mol. The van der Waals surface area contributed by atoms with Crippen LogP contribution >= 0.6 is 11.3 Å². The number of nitrogens with zero attached hydrogens (tertiary/aromatic N) is 6. The maximum atomic E-state index is 6.73. The van der Waals surface area contributed by atoms with Gasteiger partial charge in [0.1, 0.15) is 11.2 Å². The molecule has 0 bridgehead atoms. The Kier molecular flexibility index (Phi) is 14.4. The summed E-state index contributed by atoms with van der Waals surface area (Å²) in [7, 11) is 0. The van der Waals surface area contributed by atoms with Crippen LogP contribution in [0.1, 0.15) is 44.5 Å². The Morgan fingerprint density at radius 3 is 1.12 bits per heavy atom. The van der Waals surface area contributed by atoms with Gasteiger partial charge in [-0.15, -0.1) is 11.3 Å². The Morgan fingerprint density at radius 2 is 0.615 bits per heavy atom. The molecule has 4 aromatic heterocycles. The highest BCUT2D eigenvalue weighted by molar-refractivity contribution is 7.26. The van der Waals surface area contributed by atoms with Crippen molar-refractivity contribution < 1.29 is 4.42 Å². The van der Waals surface area contributed by atoms with E-state index in [-0.39, 0.29) is 0 Å². The second kappa shape index (κ2) is 24.7. The Hall–Kier alpha value is -13.4. The van der Waals surface area contributed by atoms with Crippen molar-refractivity contribution in [2.45, 2.75) is 10.8 Å². The molecule has 0 unspecified atom stereocenters. The summed E-state index contributed by atoms with van der Waals surface area (Å²) in [5.74, 6) is 3.84. The van der Waals surface area contributed by atoms with Crippen molar-refractivity contribution >= 4 is 64.2 Å². The molecule has 0 saturated carbocycles. The predicted octanol–water partition coefficient (Wildman–Crippen LogP) is 23.9. The van der Waals surface area contributed by atoms with Crippen LogP contribution in [-0.2, 0) is 10.8 Å². The Balaban J connectivity index is 0.000000139. The van der Waals surface area contributed by atoms with Crippen LogP contribution in [0.2, 0.25) is 0 Å². The number of benzene rings is 15. The van der Waals surface area contributed by atoms with Crippen molar-refractivity contribution in [2.75, 3.05) is 0 Å². The summed E-state index contributed by atoms with van der Waals surface area (Å²) in [6, 6.07) is 129. The number of rotatable bonds is 10. The van der Waals surface area contributed by atoms with Crippen LogP contribution in [0.25, 0.3) is 143 Å². The van der Waals surface area contributed by atoms with E-state index in [2.05, 4.69) is 273 Å². The number of thiophene rings is 1. The van der Waals surface area contributed by atoms with E-state index in [0.717, 1.165) is 71.7 Å². The highest BCUT2D eigenvalue weighted by Crippen LogP contribution is 2.59. The van der Waals surface area contributed by atoms with Crippen molar-refractivity contribution in [1.82, 2.24) is 29.9 Å². The number of furan rings is 1. The van der Waals surface area contributed by atoms with Gasteiger partial charge in [-0.25, -0.2) is 29.9 Å². The molecule has 2 aliphatic carbocycles. The SMILES string of the molecule is c1ccc(-c2nc(-c3ccc4ccccc4c3)nc(-c3cccc4sc5ccc(C6(c7ccccc7)c7ccccc7-c7ccccc76)cc5c34)n2)cc1.c1ccc(-c2nc(-c3ccccc3)nc(-c3cccc4oc5cc(C6(c7ccccc7)c7ccccc7-c7ccccc76)ccc5c34)n2)cc1. The number of hydrogen-bond donors (Lipinski definition) is 0. The molecule has 8 heteroatoms. The zero-order valence-electron chi connectivity index (χ0n) is 56.1. The highest BCUT2D eigenvalue weighted by atomic mass is 32.1. The van der Waals surface area contributed by atoms with E-state index in [1.54, 1.807) is 0 Å². The van der Waals surface area contributed by atoms with Crippen LogP contribution in [0.3, 0.4) is 0 Å². The molecule has 0 saturated heterocycles. The molecule has 0 radical (unpaired) electrons. The average molecular weight is 1350 g/mol. The summed E-state index contributed by atoms with van der Waals surface area (Å²) >= 11 is 1.82. The lowest BCUT2D eigenvalue weighted by Crippen LogP contribution is -2.28. The zero-order chi connectivity index (χ0) is 68.7. The minimum absolute atomic E-state index is 0.483. The molecule has 0 aliphatic heterocycles. The maximum absolute atomic E-state index is 6.73. The third kappa shape index (κ3) is 9.71. The lowest BCUT2D eigenvalue weighted by atomic mass is 9.67. The van der Waals surface area contributed by atoms with Gasteiger partial charge in [0.25, 0.3) is 0 Å². The van der Waals surface area contributed by atoms with Crippen LogP contribution in [0.5, 0.6) is 0 Å². The van der Waals surface area contributed by atoms with Gasteiger partial charge in [0.05, 0.1) is 10.8 Å². The molecule has 2 aliphatic rings. The molecule has 0 atom stereocenters. The van der Waals surface area contributed by atoms with Gasteiger partial charge >= 0.3 is 0 Å². The maximum Gasteiger partial charge on any atom is 0.164 e. The van der Waals surface area contributed by atoms with Gasteiger partial charge in [0, 0.05) is 64.3 Å². The van der Waals surface area contributed by atoms with Gasteiger partial charge in [-0.2, -0.15) is 0 Å². The molecule has 486 valence electrons. The van der Waals surface area contributed by atoms with Gasteiger partial charge < -0.3 is 4.42 Å². The Labute approximate surface area is 604 Å². The molecule has 21 rings (SSSR count). The summed E-state index contributed by atoms with van der Waals surface area (Å²) in [4.78, 5) is 30.5. The first kappa shape index (κ1) is 60.6. The lowest BCUT2D eigenvalue weighted by molar-refractivity contribution is 0.665. The quantitative estimate of drug-likeness (QED) is 0.135. The summed E-state index contributed by atoms with van der Waals surface area (Å²) in [5.41, 5.74) is 21.4. The van der Waals surface area contributed by atoms with Crippen molar-refractivity contribution in [3.8, 4) is 90.6 Å². The monoisotopic (exact) mass is 1340 g/mol. The molecule has 15 aromatic carbocycles. The first-order chi connectivity index (χ1) is 51.5. The summed E-state index contributed by atoms with van der Waals surface area (Å²) < 4.78 is 9.17. The second-order valence-corrected chi connectivity index (χ2v) is 27.8. The normalized spacial score (nSPS) is 13.0. The van der Waals surface area contributed by atoms with E-state index in [4.69, 9.17) is 34.3 Å². The third-order valence-electron chi connectivity index (χ3n) is 21.0. The van der Waals surface area contributed by atoms with Crippen molar-refractivity contribution in [3.63, 3.8) is 0 Å². The van der Waals surface area contributed by atoms with Gasteiger partial charge in [-0.05, 0) is 114 Å². The molecule has 7 nitrogen and oxygen atoms in total. The first-order valence-electron chi connectivity index (χ1n) is 35.1. The molecule has 0 amide bonds. The molecular formula is C96H60N6OS. The number of fused-ring (bicyclic) bond motifs is 13. The topological polar surface area (TPSA) is 90.5 Å². The fourth-order valence-electron chi connectivity index (χ4n) is 16.5. The summed E-state index contributed by atoms with van der Waals surface area (Å²) in [5, 5.41) is 6.71. The van der Waals surface area contributed by atoms with Crippen LogP contribution in [0.15, 0.2) is 368 Å². The number of hydrogen-bond acceptors (Lipinski definition) is 8. The Morgan fingerprint density at radius 1 is 0.221 bits per heavy atom. The van der Waals surface area contributed by atoms with Crippen molar-refractivity contribution in [2.24, 2.45) is 0 Å². The van der Waals surface area contributed by atoms with E-state index >= 15 is 0 Å². The lowest BCUT2D eigenvalue weighted by Gasteiger charge is -2.34. The van der Waals surface area contributed by atoms with E-state index < -0.39 is 10.8 Å². The molecule has 0 fully saturated rings. The molecule has 0 spiro atoms. The largest absolute Gasteiger partial charge is 0.456 e. The average Bonchev–Trinajstić information content (AvgIpc) is 1.53. The van der Waals surface area contributed by atoms with Gasteiger partial charge in [0.15, 0.2) is 34.9 Å². The van der Waals surface area contributed by atoms with Crippen LogP contribution in [-0.4, -0.2) is 29.9 Å². The fraction of sp³-hybridized carbons (Fsp3) is 0.0208. The van der Waals surface area contributed by atoms with Gasteiger partial charge in [-0.1, -0.05) is 328 Å². The summed E-state index contributed by atoms with van der Waals surface area (Å²) in [6.45, 7) is 0.